The van der Waals surface area contributed by atoms with Gasteiger partial charge in [0, 0.05) is 66.1 Å². The second-order valence-corrected chi connectivity index (χ2v) is 21.7. The van der Waals surface area contributed by atoms with E-state index in [9.17, 15) is 31.9 Å². The van der Waals surface area contributed by atoms with Crippen LogP contribution in [-0.4, -0.2) is 65.9 Å². The zero-order valence-electron chi connectivity index (χ0n) is 43.9. The van der Waals surface area contributed by atoms with Gasteiger partial charge in [-0.2, -0.15) is 0 Å². The Morgan fingerprint density at radius 2 is 1.12 bits per heavy atom. The number of aryl methyl sites for hydroxylation is 4. The molecule has 3 aliphatic heterocycles. The molecule has 4 aromatic heterocycles. The molecule has 7 heterocycles. The number of nitrogens with one attached hydrogen (secondary N) is 1. The number of fused-ring (bicyclic) bond motifs is 2. The maximum atomic E-state index is 14.3. The van der Waals surface area contributed by atoms with Crippen LogP contribution in [-0.2, 0) is 19.1 Å². The van der Waals surface area contributed by atoms with Crippen LogP contribution in [0.5, 0.6) is 0 Å². The van der Waals surface area contributed by atoms with Gasteiger partial charge in [0.1, 0.15) is 28.8 Å². The maximum Gasteiger partial charge on any atom is 0.309 e. The lowest BCUT2D eigenvalue weighted by atomic mass is 10.0. The molecule has 1 saturated carbocycles. The Morgan fingerprint density at radius 1 is 0.623 bits per heavy atom. The van der Waals surface area contributed by atoms with Crippen LogP contribution in [0.4, 0.5) is 28.9 Å². The predicted molar refractivity (Wildman–Crippen MR) is 280 cm³/mol. The summed E-state index contributed by atoms with van der Waals surface area (Å²) in [5, 5.41) is 11.6. The molecule has 4 aliphatic rings. The first-order valence-corrected chi connectivity index (χ1v) is 26.2. The lowest BCUT2D eigenvalue weighted by Gasteiger charge is -2.27. The van der Waals surface area contributed by atoms with Crippen molar-refractivity contribution in [1.29, 1.82) is 0 Å². The van der Waals surface area contributed by atoms with Crippen molar-refractivity contribution in [2.45, 2.75) is 130 Å². The molecule has 77 heavy (non-hydrogen) atoms. The molecule has 0 bridgehead atoms. The minimum atomic E-state index is -1.01. The molecule has 4 aromatic carbocycles. The molecule has 4 fully saturated rings. The second-order valence-electron chi connectivity index (χ2n) is 21.7. The van der Waals surface area contributed by atoms with Gasteiger partial charge in [-0.3, -0.25) is 14.4 Å². The van der Waals surface area contributed by atoms with Gasteiger partial charge < -0.3 is 38.0 Å². The lowest BCUT2D eigenvalue weighted by Crippen LogP contribution is -2.30. The molecule has 12 rings (SSSR count). The fraction of sp³-hybridized carbons (Fsp3) is 0.397. The Balaban J connectivity index is 0.000000166. The predicted octanol–water partition coefficient (Wildman–Crippen LogP) is 12.1. The summed E-state index contributed by atoms with van der Waals surface area (Å²) in [6, 6.07) is 18.5. The molecule has 19 heteroatoms. The van der Waals surface area contributed by atoms with Gasteiger partial charge >= 0.3 is 5.97 Å². The quantitative estimate of drug-likeness (QED) is 0.108. The fourth-order valence-corrected chi connectivity index (χ4v) is 12.0. The van der Waals surface area contributed by atoms with Crippen LogP contribution in [0.25, 0.3) is 44.3 Å². The third-order valence-electron chi connectivity index (χ3n) is 15.4. The van der Waals surface area contributed by atoms with E-state index in [1.807, 2.05) is 78.8 Å². The van der Waals surface area contributed by atoms with Gasteiger partial charge in [-0.15, -0.1) is 0 Å². The normalized spacial score (nSPS) is 20.8. The minimum absolute atomic E-state index is 0.0602. The number of hydrogen-bond acceptors (Lipinski definition) is 11. The molecular weight excluding hydrogens is 995 g/mol. The SMILES string of the molecule is Cc1noc(C)c1-c1ccc2c(c1)nc([C@@H]1CCC(=O)N1c1ccc(F)c(F)c1)n2[C@@H]1CCC(C(=O)OC(C)(C)C)C1.Cc1noc(C)c1-c1ccc2c(c1)nc([C@@H]1CCC(=O)N1c1ccc(F)c(F)c1)n2[C@@H]1CCNC1. The Hall–Kier alpha value is -7.67. The van der Waals surface area contributed by atoms with Crippen molar-refractivity contribution < 1.29 is 45.7 Å². The third kappa shape index (κ3) is 9.56. The number of hydrogen-bond donors (Lipinski definition) is 1. The molecule has 400 valence electrons. The first-order valence-electron chi connectivity index (χ1n) is 26.2. The number of ether oxygens (including phenoxy) is 1. The molecule has 8 aromatic rings. The van der Waals surface area contributed by atoms with E-state index < -0.39 is 34.9 Å². The van der Waals surface area contributed by atoms with E-state index in [0.29, 0.717) is 49.4 Å². The van der Waals surface area contributed by atoms with E-state index in [2.05, 4.69) is 30.8 Å². The molecule has 0 radical (unpaired) electrons. The number of imidazole rings is 2. The smallest absolute Gasteiger partial charge is 0.309 e. The number of carbonyl (C=O) groups is 3. The van der Waals surface area contributed by atoms with Crippen LogP contribution in [0.2, 0.25) is 0 Å². The Morgan fingerprint density at radius 3 is 1.55 bits per heavy atom. The number of benzene rings is 4. The van der Waals surface area contributed by atoms with E-state index in [1.165, 1.54) is 17.0 Å². The van der Waals surface area contributed by atoms with Crippen LogP contribution in [0.1, 0.15) is 131 Å². The highest BCUT2D eigenvalue weighted by Gasteiger charge is 2.42. The number of amides is 2. The topological polar surface area (TPSA) is 167 Å². The largest absolute Gasteiger partial charge is 0.460 e. The van der Waals surface area contributed by atoms with E-state index in [1.54, 1.807) is 4.90 Å². The number of aromatic nitrogens is 6. The summed E-state index contributed by atoms with van der Waals surface area (Å²) in [5.41, 5.74) is 8.76. The van der Waals surface area contributed by atoms with E-state index >= 15 is 0 Å². The number of esters is 1. The Labute approximate surface area is 441 Å². The first-order chi connectivity index (χ1) is 36.8. The van der Waals surface area contributed by atoms with Crippen LogP contribution in [0.15, 0.2) is 81.8 Å². The van der Waals surface area contributed by atoms with E-state index in [4.69, 9.17) is 23.8 Å². The first kappa shape index (κ1) is 51.4. The molecule has 3 saturated heterocycles. The summed E-state index contributed by atoms with van der Waals surface area (Å²) < 4.78 is 76.6. The molecular formula is C58H59F4N9O6. The third-order valence-corrected chi connectivity index (χ3v) is 15.4. The molecule has 0 spiro atoms. The fourth-order valence-electron chi connectivity index (χ4n) is 12.0. The molecule has 5 atom stereocenters. The molecule has 1 unspecified atom stereocenters. The van der Waals surface area contributed by atoms with Crippen molar-refractivity contribution in [1.82, 2.24) is 34.7 Å². The molecule has 15 nitrogen and oxygen atoms in total. The monoisotopic (exact) mass is 1050 g/mol. The number of nitrogens with zero attached hydrogens (tertiary/aromatic N) is 8. The van der Waals surface area contributed by atoms with Gasteiger partial charge in [-0.05, 0) is 153 Å². The standard InChI is InChI=1S/C32H34F2N4O4.C26H25F2N5O2/c1-17-29(18(2)42-36-17)19-7-11-26-25(15-19)35-30(38(26)21-8-6-20(14-21)31(40)41-32(3,4)5)27-12-13-28(39)37(27)22-9-10-23(33)24(34)16-22;1-14-25(15(2)35-31-14)16-3-6-22-21(11-16)30-26(33(22)18-9-10-29-13-18)23-7-8-24(34)32(23)17-4-5-19(27)20(28)12-17/h7,9-11,15-16,20-21,27H,6,8,12-14H2,1-5H3;3-6,11-12,18,23,29H,7-10,13H2,1-2H3/t20?,21-,27+;18-,23+/m11/s1. The summed E-state index contributed by atoms with van der Waals surface area (Å²) in [5.74, 6) is -1.80. The van der Waals surface area contributed by atoms with Crippen LogP contribution in [0.3, 0.4) is 0 Å². The Kier molecular flexibility index (Phi) is 13.4. The van der Waals surface area contributed by atoms with Gasteiger partial charge in [-0.25, -0.2) is 27.5 Å². The summed E-state index contributed by atoms with van der Waals surface area (Å²) in [4.78, 5) is 52.3. The van der Waals surface area contributed by atoms with Crippen molar-refractivity contribution in [3.05, 3.63) is 131 Å². The second kappa shape index (κ2) is 20.0. The van der Waals surface area contributed by atoms with Crippen LogP contribution >= 0.6 is 0 Å². The Bertz CT molecular complexity index is 3590. The maximum absolute atomic E-state index is 14.3. The average molecular weight is 1050 g/mol. The number of carbonyl (C=O) groups excluding carboxylic acids is 3. The van der Waals surface area contributed by atoms with Crippen molar-refractivity contribution in [3.8, 4) is 22.3 Å². The summed E-state index contributed by atoms with van der Waals surface area (Å²) >= 11 is 0. The highest BCUT2D eigenvalue weighted by Crippen LogP contribution is 2.46. The van der Waals surface area contributed by atoms with Crippen molar-refractivity contribution in [2.75, 3.05) is 22.9 Å². The van der Waals surface area contributed by atoms with Crippen molar-refractivity contribution >= 4 is 51.2 Å². The highest BCUT2D eigenvalue weighted by atomic mass is 19.2. The van der Waals surface area contributed by atoms with E-state index in [-0.39, 0.29) is 53.9 Å². The summed E-state index contributed by atoms with van der Waals surface area (Å²) in [6.45, 7) is 14.8. The zero-order valence-corrected chi connectivity index (χ0v) is 43.9. The van der Waals surface area contributed by atoms with E-state index in [0.717, 1.165) is 117 Å². The van der Waals surface area contributed by atoms with Gasteiger partial charge in [0.2, 0.25) is 11.8 Å². The molecule has 2 amide bonds. The lowest BCUT2D eigenvalue weighted by molar-refractivity contribution is -0.159. The van der Waals surface area contributed by atoms with Crippen LogP contribution in [0, 0.1) is 56.9 Å². The van der Waals surface area contributed by atoms with Gasteiger partial charge in [0.25, 0.3) is 0 Å². The number of halogens is 4. The van der Waals surface area contributed by atoms with Crippen molar-refractivity contribution in [3.63, 3.8) is 0 Å². The molecule has 1 N–H and O–H groups in total. The van der Waals surface area contributed by atoms with Gasteiger partial charge in [-0.1, -0.05) is 22.4 Å². The van der Waals surface area contributed by atoms with Gasteiger partial charge in [0.15, 0.2) is 23.3 Å². The van der Waals surface area contributed by atoms with Crippen molar-refractivity contribution in [2.24, 2.45) is 5.92 Å². The highest BCUT2D eigenvalue weighted by molar-refractivity contribution is 5.97. The number of anilines is 2. The average Bonchev–Trinajstić information content (AvgIpc) is 4.32. The van der Waals surface area contributed by atoms with Crippen LogP contribution < -0.4 is 15.1 Å². The number of rotatable bonds is 9. The molecule has 1 aliphatic carbocycles. The summed E-state index contributed by atoms with van der Waals surface area (Å²) in [7, 11) is 0. The zero-order chi connectivity index (χ0) is 54.2. The summed E-state index contributed by atoms with van der Waals surface area (Å²) in [6.07, 6.45) is 4.52. The minimum Gasteiger partial charge on any atom is -0.460 e. The van der Waals surface area contributed by atoms with Gasteiger partial charge in [0.05, 0.1) is 51.5 Å².